The number of ether oxygens (including phenoxy) is 2. The number of nitrogens with one attached hydrogen (secondary N) is 1. The van der Waals surface area contributed by atoms with E-state index in [1.54, 1.807) is 14.2 Å². The summed E-state index contributed by atoms with van der Waals surface area (Å²) in [6.07, 6.45) is 0.0553. The van der Waals surface area contributed by atoms with Gasteiger partial charge in [0.1, 0.15) is 11.5 Å². The van der Waals surface area contributed by atoms with Crippen LogP contribution in [0.3, 0.4) is 0 Å². The molecular formula is C22H32IN3O3. The molecule has 0 aromatic heterocycles. The number of rotatable bonds is 9. The number of methoxy groups -OCH3 is 2. The van der Waals surface area contributed by atoms with Crippen molar-refractivity contribution < 1.29 is 14.6 Å². The van der Waals surface area contributed by atoms with E-state index in [-0.39, 0.29) is 24.0 Å². The zero-order valence-electron chi connectivity index (χ0n) is 17.6. The average molecular weight is 513 g/mol. The number of aliphatic hydroxyl groups excluding tert-OH is 1. The zero-order valence-corrected chi connectivity index (χ0v) is 19.9. The molecule has 0 heterocycles. The first-order valence-corrected chi connectivity index (χ1v) is 9.49. The molecule has 0 radical (unpaired) electrons. The lowest BCUT2D eigenvalue weighted by Crippen LogP contribution is -2.39. The Labute approximate surface area is 191 Å². The molecule has 1 atom stereocenters. The number of hydrogen-bond donors (Lipinski definition) is 2. The van der Waals surface area contributed by atoms with Gasteiger partial charge in [-0.2, -0.15) is 0 Å². The monoisotopic (exact) mass is 513 g/mol. The van der Waals surface area contributed by atoms with Crippen LogP contribution in [-0.4, -0.2) is 56.4 Å². The number of aliphatic hydroxyl groups is 1. The minimum atomic E-state index is -0.528. The molecule has 2 aromatic rings. The number of benzene rings is 2. The van der Waals surface area contributed by atoms with Gasteiger partial charge in [-0.25, -0.2) is 0 Å². The first-order valence-electron chi connectivity index (χ1n) is 9.49. The third-order valence-corrected chi connectivity index (χ3v) is 4.36. The molecule has 0 aliphatic carbocycles. The summed E-state index contributed by atoms with van der Waals surface area (Å²) in [5.41, 5.74) is 2.13. The lowest BCUT2D eigenvalue weighted by Gasteiger charge is -2.23. The lowest BCUT2D eigenvalue weighted by atomic mass is 10.1. The van der Waals surface area contributed by atoms with Crippen LogP contribution in [-0.2, 0) is 13.0 Å². The molecule has 160 valence electrons. The summed E-state index contributed by atoms with van der Waals surface area (Å²) in [6, 6.07) is 15.7. The standard InChI is InChI=1S/C22H31N3O3.HI/c1-5-23-22(24-15-19(26)13-17-9-7-6-8-10-17)25(2)16-18-11-12-20(27-3)14-21(18)28-4;/h6-12,14,19,26H,5,13,15-16H2,1-4H3,(H,23,24);1H. The Morgan fingerprint density at radius 3 is 2.48 bits per heavy atom. The molecule has 0 amide bonds. The van der Waals surface area contributed by atoms with Crippen LogP contribution >= 0.6 is 24.0 Å². The summed E-state index contributed by atoms with van der Waals surface area (Å²) < 4.78 is 10.7. The SMILES string of the molecule is CCNC(=NCC(O)Cc1ccccc1)N(C)Cc1ccc(OC)cc1OC.I. The van der Waals surface area contributed by atoms with Crippen molar-refractivity contribution >= 4 is 29.9 Å². The highest BCUT2D eigenvalue weighted by Gasteiger charge is 2.12. The first kappa shape index (κ1) is 25.0. The fourth-order valence-corrected chi connectivity index (χ4v) is 2.93. The molecule has 2 aromatic carbocycles. The van der Waals surface area contributed by atoms with E-state index in [1.165, 1.54) is 0 Å². The molecule has 0 bridgehead atoms. The number of hydrogen-bond acceptors (Lipinski definition) is 4. The molecule has 0 fully saturated rings. The molecule has 0 saturated carbocycles. The summed E-state index contributed by atoms with van der Waals surface area (Å²) in [4.78, 5) is 6.63. The summed E-state index contributed by atoms with van der Waals surface area (Å²) in [6.45, 7) is 3.73. The van der Waals surface area contributed by atoms with Gasteiger partial charge < -0.3 is 24.8 Å². The summed E-state index contributed by atoms with van der Waals surface area (Å²) in [5, 5.41) is 13.6. The molecule has 2 rings (SSSR count). The topological polar surface area (TPSA) is 66.3 Å². The van der Waals surface area contributed by atoms with Crippen molar-refractivity contribution in [3.63, 3.8) is 0 Å². The van der Waals surface area contributed by atoms with E-state index < -0.39 is 6.10 Å². The second kappa shape index (κ2) is 13.3. The van der Waals surface area contributed by atoms with Crippen LogP contribution in [0, 0.1) is 0 Å². The Bertz CT molecular complexity index is 756. The second-order valence-corrected chi connectivity index (χ2v) is 6.57. The molecule has 0 spiro atoms. The highest BCUT2D eigenvalue weighted by molar-refractivity contribution is 14.0. The molecule has 0 aliphatic rings. The normalized spacial score (nSPS) is 12.0. The fourth-order valence-electron chi connectivity index (χ4n) is 2.93. The largest absolute Gasteiger partial charge is 0.497 e. The van der Waals surface area contributed by atoms with Crippen molar-refractivity contribution in [1.29, 1.82) is 0 Å². The molecular weight excluding hydrogens is 481 g/mol. The van der Waals surface area contributed by atoms with Gasteiger partial charge in [0.25, 0.3) is 0 Å². The number of aliphatic imine (C=N–C) groups is 1. The Morgan fingerprint density at radius 1 is 1.14 bits per heavy atom. The maximum Gasteiger partial charge on any atom is 0.194 e. The molecule has 7 heteroatoms. The van der Waals surface area contributed by atoms with Gasteiger partial charge in [-0.1, -0.05) is 30.3 Å². The van der Waals surface area contributed by atoms with E-state index in [2.05, 4.69) is 10.3 Å². The maximum atomic E-state index is 10.3. The Hall–Kier alpha value is -2.00. The predicted molar refractivity (Wildman–Crippen MR) is 129 cm³/mol. The van der Waals surface area contributed by atoms with Crippen molar-refractivity contribution in [3.8, 4) is 11.5 Å². The van der Waals surface area contributed by atoms with Crippen molar-refractivity contribution in [2.45, 2.75) is 26.0 Å². The maximum absolute atomic E-state index is 10.3. The Balaban J connectivity index is 0.00000420. The minimum Gasteiger partial charge on any atom is -0.497 e. The molecule has 6 nitrogen and oxygen atoms in total. The van der Waals surface area contributed by atoms with E-state index in [9.17, 15) is 5.11 Å². The van der Waals surface area contributed by atoms with Crippen molar-refractivity contribution in [3.05, 3.63) is 59.7 Å². The quantitative estimate of drug-likeness (QED) is 0.306. The van der Waals surface area contributed by atoms with Gasteiger partial charge in [0.2, 0.25) is 0 Å². The van der Waals surface area contributed by atoms with Crippen LogP contribution in [0.15, 0.2) is 53.5 Å². The Kier molecular flexibility index (Phi) is 11.5. The highest BCUT2D eigenvalue weighted by Crippen LogP contribution is 2.25. The van der Waals surface area contributed by atoms with Gasteiger partial charge in [0.05, 0.1) is 26.9 Å². The third kappa shape index (κ3) is 8.10. The number of halogens is 1. The van der Waals surface area contributed by atoms with Crippen LogP contribution in [0.4, 0.5) is 0 Å². The van der Waals surface area contributed by atoms with Crippen LogP contribution in [0.5, 0.6) is 11.5 Å². The van der Waals surface area contributed by atoms with E-state index in [0.717, 1.165) is 35.1 Å². The number of nitrogens with zero attached hydrogens (tertiary/aromatic N) is 2. The van der Waals surface area contributed by atoms with Crippen LogP contribution in [0.2, 0.25) is 0 Å². The molecule has 0 aliphatic heterocycles. The fraction of sp³-hybridized carbons (Fsp3) is 0.409. The Morgan fingerprint density at radius 2 is 1.86 bits per heavy atom. The molecule has 0 saturated heterocycles. The molecule has 1 unspecified atom stereocenters. The second-order valence-electron chi connectivity index (χ2n) is 6.57. The number of guanidine groups is 1. The van der Waals surface area contributed by atoms with Crippen LogP contribution < -0.4 is 14.8 Å². The van der Waals surface area contributed by atoms with E-state index in [1.807, 2.05) is 67.4 Å². The van der Waals surface area contributed by atoms with Gasteiger partial charge in [-0.15, -0.1) is 24.0 Å². The predicted octanol–water partition coefficient (Wildman–Crippen LogP) is 3.32. The summed E-state index contributed by atoms with van der Waals surface area (Å²) >= 11 is 0. The summed E-state index contributed by atoms with van der Waals surface area (Å²) in [7, 11) is 5.25. The van der Waals surface area contributed by atoms with Gasteiger partial charge in [-0.05, 0) is 24.6 Å². The van der Waals surface area contributed by atoms with Crippen LogP contribution in [0.25, 0.3) is 0 Å². The smallest absolute Gasteiger partial charge is 0.194 e. The van der Waals surface area contributed by atoms with Crippen molar-refractivity contribution in [2.75, 3.05) is 34.4 Å². The first-order chi connectivity index (χ1) is 13.6. The minimum absolute atomic E-state index is 0. The van der Waals surface area contributed by atoms with E-state index >= 15 is 0 Å². The van der Waals surface area contributed by atoms with Crippen LogP contribution in [0.1, 0.15) is 18.1 Å². The van der Waals surface area contributed by atoms with E-state index in [4.69, 9.17) is 9.47 Å². The van der Waals surface area contributed by atoms with Crippen molar-refractivity contribution in [2.24, 2.45) is 4.99 Å². The van der Waals surface area contributed by atoms with Gasteiger partial charge in [-0.3, -0.25) is 4.99 Å². The third-order valence-electron chi connectivity index (χ3n) is 4.36. The lowest BCUT2D eigenvalue weighted by molar-refractivity contribution is 0.183. The van der Waals surface area contributed by atoms with Crippen molar-refractivity contribution in [1.82, 2.24) is 10.2 Å². The van der Waals surface area contributed by atoms with E-state index in [0.29, 0.717) is 19.5 Å². The molecule has 2 N–H and O–H groups in total. The highest BCUT2D eigenvalue weighted by atomic mass is 127. The molecule has 29 heavy (non-hydrogen) atoms. The summed E-state index contributed by atoms with van der Waals surface area (Å²) in [5.74, 6) is 2.27. The van der Waals surface area contributed by atoms with Gasteiger partial charge in [0, 0.05) is 38.2 Å². The van der Waals surface area contributed by atoms with Gasteiger partial charge in [0.15, 0.2) is 5.96 Å². The van der Waals surface area contributed by atoms with Gasteiger partial charge >= 0.3 is 0 Å². The average Bonchev–Trinajstić information content (AvgIpc) is 2.72. The zero-order chi connectivity index (χ0) is 20.4.